The smallest absolute Gasteiger partial charge is 0.273 e. The van der Waals surface area contributed by atoms with Crippen molar-refractivity contribution in [2.75, 3.05) is 11.3 Å². The molecule has 2 N–H and O–H groups in total. The third-order valence-corrected chi connectivity index (χ3v) is 6.84. The van der Waals surface area contributed by atoms with Gasteiger partial charge in [-0.2, -0.15) is 0 Å². The van der Waals surface area contributed by atoms with Gasteiger partial charge in [0.25, 0.3) is 10.0 Å². The minimum absolute atomic E-state index is 0.198. The van der Waals surface area contributed by atoms with Crippen LogP contribution in [-0.4, -0.2) is 19.9 Å². The first-order valence-corrected chi connectivity index (χ1v) is 9.01. The lowest BCUT2D eigenvalue weighted by molar-refractivity contribution is 0.603. The van der Waals surface area contributed by atoms with Crippen LogP contribution in [-0.2, 0) is 23.0 Å². The van der Waals surface area contributed by atoms with Crippen LogP contribution in [0.2, 0.25) is 4.34 Å². The number of hydrogen-bond acceptors (Lipinski definition) is 6. The molecule has 0 radical (unpaired) electrons. The number of thiazole rings is 1. The monoisotopic (exact) mass is 335 g/mol. The Morgan fingerprint density at radius 1 is 1.37 bits per heavy atom. The molecule has 0 saturated carbocycles. The fraction of sp³-hybridized carbons (Fsp3) is 0.300. The van der Waals surface area contributed by atoms with Crippen molar-refractivity contribution in [3.8, 4) is 0 Å². The van der Waals surface area contributed by atoms with Crippen molar-refractivity contribution in [3.63, 3.8) is 0 Å². The lowest BCUT2D eigenvalue weighted by Gasteiger charge is -2.09. The molecule has 0 amide bonds. The lowest BCUT2D eigenvalue weighted by Crippen LogP contribution is -2.22. The number of halogens is 1. The number of hydrogen-bond donors (Lipinski definition) is 2. The summed E-state index contributed by atoms with van der Waals surface area (Å²) in [6, 6.07) is 3.06. The van der Waals surface area contributed by atoms with E-state index in [1.165, 1.54) is 17.4 Å². The number of sulfonamides is 1. The summed E-state index contributed by atoms with van der Waals surface area (Å²) >= 11 is 8.16. The van der Waals surface area contributed by atoms with Crippen molar-refractivity contribution in [1.29, 1.82) is 0 Å². The van der Waals surface area contributed by atoms with E-state index in [2.05, 4.69) is 15.0 Å². The molecule has 3 rings (SSSR count). The Hall–Kier alpha value is -0.670. The maximum absolute atomic E-state index is 12.1. The summed E-state index contributed by atoms with van der Waals surface area (Å²) in [4.78, 5) is 5.42. The van der Waals surface area contributed by atoms with E-state index in [1.54, 1.807) is 6.07 Å². The van der Waals surface area contributed by atoms with Crippen molar-refractivity contribution < 1.29 is 8.42 Å². The number of fused-ring (bicyclic) bond motifs is 1. The van der Waals surface area contributed by atoms with E-state index in [-0.39, 0.29) is 4.21 Å². The van der Waals surface area contributed by atoms with Crippen LogP contribution >= 0.6 is 34.3 Å². The SMILES string of the molecule is O=S(=O)(Nc1nc2c(s1)CNCC2)c1ccc(Cl)s1. The zero-order chi connectivity index (χ0) is 13.5. The topological polar surface area (TPSA) is 71.1 Å². The highest BCUT2D eigenvalue weighted by Crippen LogP contribution is 2.30. The summed E-state index contributed by atoms with van der Waals surface area (Å²) in [6.45, 7) is 1.63. The predicted octanol–water partition coefficient (Wildman–Crippen LogP) is 2.30. The van der Waals surface area contributed by atoms with Crippen LogP contribution in [0.25, 0.3) is 0 Å². The zero-order valence-corrected chi connectivity index (χ0v) is 12.8. The molecule has 0 bridgehead atoms. The summed E-state index contributed by atoms with van der Waals surface area (Å²) in [6.07, 6.45) is 0.832. The van der Waals surface area contributed by atoms with E-state index in [4.69, 9.17) is 11.6 Å². The van der Waals surface area contributed by atoms with Gasteiger partial charge in [-0.05, 0) is 12.1 Å². The molecule has 1 aliphatic heterocycles. The van der Waals surface area contributed by atoms with Crippen LogP contribution in [0.4, 0.5) is 5.13 Å². The van der Waals surface area contributed by atoms with Gasteiger partial charge in [-0.1, -0.05) is 22.9 Å². The number of anilines is 1. The van der Waals surface area contributed by atoms with Crippen molar-refractivity contribution >= 4 is 49.4 Å². The maximum Gasteiger partial charge on any atom is 0.273 e. The Bertz CT molecular complexity index is 684. The van der Waals surface area contributed by atoms with E-state index in [0.717, 1.165) is 41.4 Å². The van der Waals surface area contributed by atoms with E-state index in [0.29, 0.717) is 9.47 Å². The molecule has 0 aliphatic carbocycles. The average Bonchev–Trinajstić information content (AvgIpc) is 2.94. The molecule has 1 aliphatic rings. The molecule has 19 heavy (non-hydrogen) atoms. The first-order valence-electron chi connectivity index (χ1n) is 5.52. The summed E-state index contributed by atoms with van der Waals surface area (Å²) in [5.74, 6) is 0. The van der Waals surface area contributed by atoms with E-state index in [9.17, 15) is 8.42 Å². The minimum Gasteiger partial charge on any atom is -0.311 e. The van der Waals surface area contributed by atoms with Gasteiger partial charge < -0.3 is 5.32 Å². The van der Waals surface area contributed by atoms with Gasteiger partial charge in [-0.3, -0.25) is 4.72 Å². The predicted molar refractivity (Wildman–Crippen MR) is 77.7 cm³/mol. The Balaban J connectivity index is 1.86. The van der Waals surface area contributed by atoms with Gasteiger partial charge in [0.1, 0.15) is 4.21 Å². The van der Waals surface area contributed by atoms with Crippen molar-refractivity contribution in [2.24, 2.45) is 0 Å². The Morgan fingerprint density at radius 3 is 2.89 bits per heavy atom. The molecule has 0 atom stereocenters. The standard InChI is InChI=1S/C10H10ClN3O2S3/c11-8-1-2-9(18-8)19(15,16)14-10-13-6-3-4-12-5-7(6)17-10/h1-2,12H,3-5H2,(H,13,14). The van der Waals surface area contributed by atoms with Gasteiger partial charge in [-0.25, -0.2) is 13.4 Å². The van der Waals surface area contributed by atoms with Crippen molar-refractivity contribution in [3.05, 3.63) is 27.0 Å². The molecular weight excluding hydrogens is 326 g/mol. The van der Waals surface area contributed by atoms with Gasteiger partial charge in [0.2, 0.25) is 0 Å². The number of rotatable bonds is 3. The highest BCUT2D eigenvalue weighted by Gasteiger charge is 2.21. The Labute approximate surface area is 123 Å². The largest absolute Gasteiger partial charge is 0.311 e. The normalized spacial score (nSPS) is 15.2. The van der Waals surface area contributed by atoms with Crippen molar-refractivity contribution in [1.82, 2.24) is 10.3 Å². The molecule has 0 fully saturated rings. The van der Waals surface area contributed by atoms with E-state index >= 15 is 0 Å². The summed E-state index contributed by atoms with van der Waals surface area (Å²) in [5, 5.41) is 3.64. The first kappa shape index (κ1) is 13.3. The molecule has 0 unspecified atom stereocenters. The van der Waals surface area contributed by atoms with E-state index in [1.807, 2.05) is 0 Å². The molecule has 0 spiro atoms. The van der Waals surface area contributed by atoms with Crippen LogP contribution in [0.15, 0.2) is 16.3 Å². The van der Waals surface area contributed by atoms with Crippen LogP contribution < -0.4 is 10.0 Å². The first-order chi connectivity index (χ1) is 9.04. The second kappa shape index (κ2) is 5.02. The fourth-order valence-corrected chi connectivity index (χ4v) is 5.47. The molecule has 2 aromatic heterocycles. The highest BCUT2D eigenvalue weighted by molar-refractivity contribution is 7.94. The third kappa shape index (κ3) is 2.77. The molecule has 9 heteroatoms. The molecule has 3 heterocycles. The highest BCUT2D eigenvalue weighted by atomic mass is 35.5. The second-order valence-electron chi connectivity index (χ2n) is 3.98. The minimum atomic E-state index is -3.58. The quantitative estimate of drug-likeness (QED) is 0.903. The van der Waals surface area contributed by atoms with E-state index < -0.39 is 10.0 Å². The third-order valence-electron chi connectivity index (χ3n) is 2.64. The van der Waals surface area contributed by atoms with Gasteiger partial charge in [0.05, 0.1) is 10.0 Å². The summed E-state index contributed by atoms with van der Waals surface area (Å²) < 4.78 is 27.4. The zero-order valence-electron chi connectivity index (χ0n) is 9.64. The van der Waals surface area contributed by atoms with Crippen LogP contribution in [0.1, 0.15) is 10.6 Å². The molecule has 102 valence electrons. The number of nitrogens with one attached hydrogen (secondary N) is 2. The van der Waals surface area contributed by atoms with Gasteiger partial charge in [0.15, 0.2) is 5.13 Å². The number of aromatic nitrogens is 1. The Kier molecular flexibility index (Phi) is 3.52. The number of nitrogens with zero attached hydrogens (tertiary/aromatic N) is 1. The molecule has 2 aromatic rings. The maximum atomic E-state index is 12.1. The molecule has 0 saturated heterocycles. The summed E-state index contributed by atoms with van der Waals surface area (Å²) in [5.41, 5.74) is 0.977. The fourth-order valence-electron chi connectivity index (χ4n) is 1.78. The number of thiophene rings is 1. The van der Waals surface area contributed by atoms with Crippen molar-refractivity contribution in [2.45, 2.75) is 17.2 Å². The average molecular weight is 336 g/mol. The molecule has 0 aromatic carbocycles. The second-order valence-corrected chi connectivity index (χ2v) is 8.69. The van der Waals surface area contributed by atoms with Crippen LogP contribution in [0.3, 0.4) is 0 Å². The van der Waals surface area contributed by atoms with Crippen LogP contribution in [0, 0.1) is 0 Å². The van der Waals surface area contributed by atoms with Gasteiger partial charge >= 0.3 is 0 Å². The van der Waals surface area contributed by atoms with Crippen LogP contribution in [0.5, 0.6) is 0 Å². The Morgan fingerprint density at radius 2 is 2.21 bits per heavy atom. The molecular formula is C10H10ClN3O2S3. The molecule has 5 nitrogen and oxygen atoms in total. The van der Waals surface area contributed by atoms with Gasteiger partial charge in [-0.15, -0.1) is 11.3 Å². The summed E-state index contributed by atoms with van der Waals surface area (Å²) in [7, 11) is -3.58. The van der Waals surface area contributed by atoms with Gasteiger partial charge in [0, 0.05) is 24.4 Å². The lowest BCUT2D eigenvalue weighted by atomic mass is 10.2.